The molecule has 0 amide bonds. The second-order valence-electron chi connectivity index (χ2n) is 5.30. The van der Waals surface area contributed by atoms with Crippen molar-refractivity contribution in [3.05, 3.63) is 0 Å². The molecule has 1 rings (SSSR count). The van der Waals surface area contributed by atoms with E-state index < -0.39 is 26.9 Å². The maximum atomic E-state index is 13.0. The highest BCUT2D eigenvalue weighted by atomic mass is 32.2. The van der Waals surface area contributed by atoms with E-state index in [0.29, 0.717) is 0 Å². The smallest absolute Gasteiger partial charge is 0.428 e. The van der Waals surface area contributed by atoms with E-state index >= 15 is 0 Å². The van der Waals surface area contributed by atoms with Crippen LogP contribution in [0.4, 0.5) is 8.78 Å². The Labute approximate surface area is 111 Å². The molecule has 0 bridgehead atoms. The molecular weight excluding hydrogens is 282 g/mol. The van der Waals surface area contributed by atoms with Crippen LogP contribution in [-0.4, -0.2) is 29.8 Å². The van der Waals surface area contributed by atoms with Gasteiger partial charge in [-0.05, 0) is 32.6 Å². The van der Waals surface area contributed by atoms with Gasteiger partial charge in [-0.2, -0.15) is 8.78 Å². The van der Waals surface area contributed by atoms with E-state index in [1.807, 2.05) is 0 Å². The van der Waals surface area contributed by atoms with Gasteiger partial charge in [0.05, 0.1) is 0 Å². The van der Waals surface area contributed by atoms with Gasteiger partial charge >= 0.3 is 11.2 Å². The molecule has 0 aromatic rings. The molecule has 1 saturated carbocycles. The molecule has 5 nitrogen and oxygen atoms in total. The molecule has 112 valence electrons. The third-order valence-electron chi connectivity index (χ3n) is 3.50. The average Bonchev–Trinajstić information content (AvgIpc) is 2.28. The van der Waals surface area contributed by atoms with Crippen molar-refractivity contribution in [2.24, 2.45) is 5.92 Å². The van der Waals surface area contributed by atoms with E-state index in [-0.39, 0.29) is 5.92 Å². The predicted molar refractivity (Wildman–Crippen MR) is 61.4 cm³/mol. The van der Waals surface area contributed by atoms with Gasteiger partial charge in [0, 0.05) is 0 Å². The Hall–Kier alpha value is -0.760. The highest BCUT2D eigenvalue weighted by Gasteiger charge is 2.51. The largest absolute Gasteiger partial charge is 0.743 e. The lowest BCUT2D eigenvalue weighted by atomic mass is 9.79. The highest BCUT2D eigenvalue weighted by molar-refractivity contribution is 7.87. The van der Waals surface area contributed by atoms with E-state index in [2.05, 4.69) is 4.74 Å². The minimum Gasteiger partial charge on any atom is -0.743 e. The third kappa shape index (κ3) is 3.62. The zero-order valence-corrected chi connectivity index (χ0v) is 11.6. The second kappa shape index (κ2) is 5.32. The predicted octanol–water partition coefficient (Wildman–Crippen LogP) is 2.03. The first-order chi connectivity index (χ1) is 8.48. The average molecular weight is 299 g/mol. The van der Waals surface area contributed by atoms with Crippen LogP contribution in [-0.2, 0) is 19.6 Å². The van der Waals surface area contributed by atoms with Crippen LogP contribution in [0.5, 0.6) is 0 Å². The topological polar surface area (TPSA) is 83.5 Å². The zero-order valence-electron chi connectivity index (χ0n) is 10.8. The molecule has 0 aromatic carbocycles. The molecular formula is C11H17F2O5S-. The van der Waals surface area contributed by atoms with Crippen molar-refractivity contribution in [3.63, 3.8) is 0 Å². The van der Waals surface area contributed by atoms with Gasteiger partial charge in [0.25, 0.3) is 0 Å². The van der Waals surface area contributed by atoms with Crippen molar-refractivity contribution in [2.75, 3.05) is 0 Å². The van der Waals surface area contributed by atoms with Crippen LogP contribution in [0.15, 0.2) is 0 Å². The number of carbonyl (C=O) groups is 1. The standard InChI is InChI=1S/C11H18F2O5S/c1-10(2,8-6-4-3-5-7-8)18-9(14)11(12,13)19(15,16)17/h8H,3-7H2,1-2H3,(H,15,16,17)/p-1. The van der Waals surface area contributed by atoms with E-state index in [1.165, 1.54) is 13.8 Å². The van der Waals surface area contributed by atoms with Gasteiger partial charge in [0.2, 0.25) is 0 Å². The molecule has 0 saturated heterocycles. The number of hydrogen-bond acceptors (Lipinski definition) is 5. The minimum atomic E-state index is -6.06. The van der Waals surface area contributed by atoms with Gasteiger partial charge in [-0.15, -0.1) is 0 Å². The Kier molecular flexibility index (Phi) is 4.56. The minimum absolute atomic E-state index is 0.115. The van der Waals surface area contributed by atoms with Crippen molar-refractivity contribution in [1.82, 2.24) is 0 Å². The Morgan fingerprint density at radius 3 is 2.11 bits per heavy atom. The van der Waals surface area contributed by atoms with E-state index in [9.17, 15) is 26.5 Å². The van der Waals surface area contributed by atoms with Gasteiger partial charge in [-0.1, -0.05) is 19.3 Å². The molecule has 0 heterocycles. The second-order valence-corrected chi connectivity index (χ2v) is 6.72. The van der Waals surface area contributed by atoms with Crippen LogP contribution in [0, 0.1) is 5.92 Å². The highest BCUT2D eigenvalue weighted by Crippen LogP contribution is 2.36. The number of carbonyl (C=O) groups excluding carboxylic acids is 1. The van der Waals surface area contributed by atoms with Crippen LogP contribution in [0.3, 0.4) is 0 Å². The van der Waals surface area contributed by atoms with Gasteiger partial charge < -0.3 is 9.29 Å². The summed E-state index contributed by atoms with van der Waals surface area (Å²) in [6, 6.07) is 0. The van der Waals surface area contributed by atoms with Crippen LogP contribution in [0.2, 0.25) is 0 Å². The van der Waals surface area contributed by atoms with Crippen molar-refractivity contribution in [2.45, 2.75) is 56.8 Å². The summed E-state index contributed by atoms with van der Waals surface area (Å²) in [7, 11) is -6.06. The Morgan fingerprint density at radius 1 is 1.21 bits per heavy atom. The molecule has 19 heavy (non-hydrogen) atoms. The van der Waals surface area contributed by atoms with E-state index in [0.717, 1.165) is 32.1 Å². The maximum absolute atomic E-state index is 13.0. The Balaban J connectivity index is 2.80. The van der Waals surface area contributed by atoms with Crippen LogP contribution < -0.4 is 0 Å². The number of rotatable bonds is 4. The van der Waals surface area contributed by atoms with Crippen molar-refractivity contribution < 1.29 is 31.3 Å². The number of halogens is 2. The summed E-state index contributed by atoms with van der Waals surface area (Å²) in [5, 5.41) is -5.04. The van der Waals surface area contributed by atoms with Crippen LogP contribution in [0.25, 0.3) is 0 Å². The molecule has 0 aliphatic heterocycles. The Morgan fingerprint density at radius 2 is 1.68 bits per heavy atom. The zero-order chi connectivity index (χ0) is 14.9. The van der Waals surface area contributed by atoms with Gasteiger partial charge in [-0.25, -0.2) is 13.2 Å². The van der Waals surface area contributed by atoms with Gasteiger partial charge in [0.1, 0.15) is 5.60 Å². The first kappa shape index (κ1) is 16.3. The first-order valence-electron chi connectivity index (χ1n) is 6.05. The number of esters is 1. The molecule has 0 atom stereocenters. The molecule has 1 fully saturated rings. The summed E-state index contributed by atoms with van der Waals surface area (Å²) in [6.07, 6.45) is 4.28. The fourth-order valence-electron chi connectivity index (χ4n) is 2.28. The number of alkyl halides is 2. The maximum Gasteiger partial charge on any atom is 0.428 e. The summed E-state index contributed by atoms with van der Waals surface area (Å²) < 4.78 is 61.7. The van der Waals surface area contributed by atoms with Crippen LogP contribution in [0.1, 0.15) is 46.0 Å². The normalized spacial score (nSPS) is 19.2. The van der Waals surface area contributed by atoms with E-state index in [4.69, 9.17) is 0 Å². The molecule has 0 spiro atoms. The lowest BCUT2D eigenvalue weighted by molar-refractivity contribution is -0.181. The summed E-state index contributed by atoms with van der Waals surface area (Å²) in [4.78, 5) is 11.2. The molecule has 0 radical (unpaired) electrons. The third-order valence-corrected chi connectivity index (χ3v) is 4.29. The van der Waals surface area contributed by atoms with Gasteiger partial charge in [0.15, 0.2) is 10.1 Å². The SMILES string of the molecule is CC(C)(OC(=O)C(F)(F)S(=O)(=O)[O-])C1CCCCC1. The summed E-state index contributed by atoms with van der Waals surface area (Å²) in [6.45, 7) is 2.91. The fraction of sp³-hybridized carbons (Fsp3) is 0.909. The number of hydrogen-bond donors (Lipinski definition) is 0. The van der Waals surface area contributed by atoms with E-state index in [1.54, 1.807) is 0 Å². The molecule has 0 aromatic heterocycles. The first-order valence-corrected chi connectivity index (χ1v) is 7.46. The lowest BCUT2D eigenvalue weighted by Crippen LogP contribution is -2.46. The quantitative estimate of drug-likeness (QED) is 0.586. The number of ether oxygens (including phenoxy) is 1. The molecule has 0 N–H and O–H groups in total. The molecule has 1 aliphatic carbocycles. The van der Waals surface area contributed by atoms with Crippen molar-refractivity contribution >= 4 is 16.1 Å². The van der Waals surface area contributed by atoms with Crippen LogP contribution >= 0.6 is 0 Å². The van der Waals surface area contributed by atoms with Crippen molar-refractivity contribution in [1.29, 1.82) is 0 Å². The van der Waals surface area contributed by atoms with Gasteiger partial charge in [-0.3, -0.25) is 0 Å². The summed E-state index contributed by atoms with van der Waals surface area (Å²) in [5.41, 5.74) is -1.22. The summed E-state index contributed by atoms with van der Waals surface area (Å²) >= 11 is 0. The van der Waals surface area contributed by atoms with Crippen molar-refractivity contribution in [3.8, 4) is 0 Å². The monoisotopic (exact) mass is 299 g/mol. The lowest BCUT2D eigenvalue weighted by Gasteiger charge is -2.37. The summed E-state index contributed by atoms with van der Waals surface area (Å²) in [5.74, 6) is -2.41. The molecule has 0 unspecified atom stereocenters. The fourth-order valence-corrected chi connectivity index (χ4v) is 2.53. The molecule has 1 aliphatic rings. The molecule has 8 heteroatoms. The Bertz CT molecular complexity index is 438.